The molecule has 3 unspecified atom stereocenters. The number of hydrogen-bond donors (Lipinski definition) is 2. The van der Waals surface area contributed by atoms with Crippen molar-refractivity contribution in [1.82, 2.24) is 5.32 Å². The van der Waals surface area contributed by atoms with Crippen LogP contribution in [-0.2, 0) is 18.4 Å². The highest BCUT2D eigenvalue weighted by molar-refractivity contribution is 7.45. The molecule has 0 saturated carbocycles. The van der Waals surface area contributed by atoms with E-state index in [0.717, 1.165) is 103 Å². The zero-order chi connectivity index (χ0) is 45.7. The Labute approximate surface area is 381 Å². The fourth-order valence-corrected chi connectivity index (χ4v) is 6.89. The molecule has 8 nitrogen and oxygen atoms in total. The summed E-state index contributed by atoms with van der Waals surface area (Å²) in [4.78, 5) is 25.3. The van der Waals surface area contributed by atoms with Crippen molar-refractivity contribution in [1.29, 1.82) is 0 Å². The Hall–Kier alpha value is -2.84. The lowest BCUT2D eigenvalue weighted by atomic mass is 10.1. The summed E-state index contributed by atoms with van der Waals surface area (Å²) in [6.07, 6.45) is 62.9. The van der Waals surface area contributed by atoms with Gasteiger partial charge in [0.25, 0.3) is 7.82 Å². The SMILES string of the molecule is CC/C=C\C/C=C\C/C=C\C/C=C\C/C=C\C/C=C\C/C=C\C/C=C\CCCCCCC(=O)NC(COP(=O)([O-])OCC[N+](C)(C)C)C(O)/C=C/CCCCCCCCCCC. The number of phosphoric acid groups is 1. The van der Waals surface area contributed by atoms with Gasteiger partial charge in [-0.1, -0.05) is 187 Å². The maximum atomic E-state index is 12.9. The van der Waals surface area contributed by atoms with E-state index in [9.17, 15) is 19.4 Å². The quantitative estimate of drug-likeness (QED) is 0.0274. The van der Waals surface area contributed by atoms with Crippen LogP contribution in [0.5, 0.6) is 0 Å². The van der Waals surface area contributed by atoms with Gasteiger partial charge < -0.3 is 28.8 Å². The van der Waals surface area contributed by atoms with E-state index in [1.165, 1.54) is 44.9 Å². The third kappa shape index (κ3) is 45.2. The van der Waals surface area contributed by atoms with Crippen LogP contribution in [0.25, 0.3) is 0 Å². The molecule has 0 fully saturated rings. The van der Waals surface area contributed by atoms with Crippen molar-refractivity contribution in [2.45, 2.75) is 180 Å². The number of aliphatic hydroxyl groups is 1. The first-order valence-corrected chi connectivity index (χ1v) is 25.7. The molecule has 0 aliphatic rings. The molecular formula is C53H91N2O6P. The van der Waals surface area contributed by atoms with Gasteiger partial charge in [0.1, 0.15) is 13.2 Å². The van der Waals surface area contributed by atoms with Crippen LogP contribution in [0.4, 0.5) is 0 Å². The minimum Gasteiger partial charge on any atom is -0.756 e. The van der Waals surface area contributed by atoms with E-state index in [0.29, 0.717) is 17.4 Å². The van der Waals surface area contributed by atoms with E-state index in [4.69, 9.17) is 9.05 Å². The van der Waals surface area contributed by atoms with E-state index in [-0.39, 0.29) is 12.5 Å². The summed E-state index contributed by atoms with van der Waals surface area (Å²) in [7, 11) is 1.22. The zero-order valence-electron chi connectivity index (χ0n) is 40.0. The first-order chi connectivity index (χ1) is 30.0. The third-order valence-electron chi connectivity index (χ3n) is 9.99. The number of carbonyl (C=O) groups excluding carboxylic acids is 1. The van der Waals surface area contributed by atoms with Gasteiger partial charge in [0.15, 0.2) is 0 Å². The van der Waals surface area contributed by atoms with Crippen LogP contribution in [0.15, 0.2) is 109 Å². The normalized spacial score (nSPS) is 15.1. The number of nitrogens with zero attached hydrogens (tertiary/aromatic N) is 1. The molecule has 9 heteroatoms. The molecular weight excluding hydrogens is 792 g/mol. The summed E-state index contributed by atoms with van der Waals surface area (Å²) in [6.45, 7) is 4.47. The highest BCUT2D eigenvalue weighted by atomic mass is 31.2. The van der Waals surface area contributed by atoms with Gasteiger partial charge in [0.05, 0.1) is 39.9 Å². The smallest absolute Gasteiger partial charge is 0.268 e. The zero-order valence-corrected chi connectivity index (χ0v) is 40.9. The van der Waals surface area contributed by atoms with Gasteiger partial charge in [-0.3, -0.25) is 9.36 Å². The molecule has 0 aliphatic heterocycles. The summed E-state index contributed by atoms with van der Waals surface area (Å²) in [5, 5.41) is 13.7. The Morgan fingerprint density at radius 2 is 0.984 bits per heavy atom. The largest absolute Gasteiger partial charge is 0.756 e. The number of hydrogen-bond acceptors (Lipinski definition) is 6. The molecule has 0 aromatic carbocycles. The van der Waals surface area contributed by atoms with Crippen LogP contribution >= 0.6 is 7.82 Å². The first-order valence-electron chi connectivity index (χ1n) is 24.2. The standard InChI is InChI=1S/C53H91N2O6P/c1-6-8-10-12-14-16-18-19-20-21-22-23-24-25-26-27-28-29-30-31-32-33-34-35-37-39-41-43-45-47-53(57)54-51(50-61-62(58,59)60-49-48-55(3,4)5)52(56)46-44-42-40-38-36-17-15-13-11-9-7-2/h8,10,14,16,19-20,22-23,25-26,28-29,31-32,34-35,44,46,51-52,56H,6-7,9,11-13,15,17-18,21,24,27,30,33,36-43,45,47-50H2,1-5H3,(H-,54,57,58,59)/b10-8-,16-14-,20-19-,23-22-,26-25-,29-28-,32-31-,35-34-,46-44+. The van der Waals surface area contributed by atoms with Crippen molar-refractivity contribution in [2.75, 3.05) is 40.9 Å². The fourth-order valence-electron chi connectivity index (χ4n) is 6.17. The second-order valence-electron chi connectivity index (χ2n) is 17.1. The first kappa shape index (κ1) is 59.2. The molecule has 1 amide bonds. The summed E-state index contributed by atoms with van der Waals surface area (Å²) in [5.41, 5.74) is 0. The van der Waals surface area contributed by atoms with Crippen molar-refractivity contribution in [3.63, 3.8) is 0 Å². The molecule has 3 atom stereocenters. The minimum absolute atomic E-state index is 0.0128. The molecule has 2 N–H and O–H groups in total. The number of aliphatic hydroxyl groups excluding tert-OH is 1. The number of allylic oxidation sites excluding steroid dienone is 17. The van der Waals surface area contributed by atoms with Gasteiger partial charge >= 0.3 is 0 Å². The molecule has 0 bridgehead atoms. The van der Waals surface area contributed by atoms with E-state index >= 15 is 0 Å². The predicted molar refractivity (Wildman–Crippen MR) is 265 cm³/mol. The van der Waals surface area contributed by atoms with Gasteiger partial charge in [-0.25, -0.2) is 0 Å². The number of likely N-dealkylation sites (N-methyl/N-ethyl adjacent to an activating group) is 1. The number of rotatable bonds is 42. The molecule has 0 saturated heterocycles. The van der Waals surface area contributed by atoms with Gasteiger partial charge in [-0.05, 0) is 83.5 Å². The molecule has 0 radical (unpaired) electrons. The van der Waals surface area contributed by atoms with Crippen molar-refractivity contribution in [3.05, 3.63) is 109 Å². The minimum atomic E-state index is -4.60. The lowest BCUT2D eigenvalue weighted by Gasteiger charge is -2.29. The Balaban J connectivity index is 4.33. The Morgan fingerprint density at radius 1 is 0.581 bits per heavy atom. The second-order valence-corrected chi connectivity index (χ2v) is 18.5. The van der Waals surface area contributed by atoms with Crippen LogP contribution in [0, 0.1) is 0 Å². The average Bonchev–Trinajstić information content (AvgIpc) is 3.23. The molecule has 0 aromatic heterocycles. The van der Waals surface area contributed by atoms with Crippen molar-refractivity contribution >= 4 is 13.7 Å². The monoisotopic (exact) mass is 883 g/mol. The van der Waals surface area contributed by atoms with E-state index < -0.39 is 26.6 Å². The molecule has 354 valence electrons. The number of quaternary nitrogens is 1. The number of unbranched alkanes of at least 4 members (excludes halogenated alkanes) is 13. The average molecular weight is 883 g/mol. The van der Waals surface area contributed by atoms with Crippen LogP contribution in [0.1, 0.15) is 168 Å². The van der Waals surface area contributed by atoms with E-state index in [1.807, 2.05) is 27.2 Å². The van der Waals surface area contributed by atoms with Crippen molar-refractivity contribution < 1.29 is 32.9 Å². The third-order valence-corrected chi connectivity index (χ3v) is 11.0. The maximum absolute atomic E-state index is 12.9. The lowest BCUT2D eigenvalue weighted by Crippen LogP contribution is -2.45. The van der Waals surface area contributed by atoms with Gasteiger partial charge in [-0.15, -0.1) is 0 Å². The van der Waals surface area contributed by atoms with E-state index in [2.05, 4.69) is 116 Å². The Kier molecular flexibility index (Phi) is 41.4. The van der Waals surface area contributed by atoms with Crippen LogP contribution < -0.4 is 10.2 Å². The van der Waals surface area contributed by atoms with Crippen LogP contribution in [-0.4, -0.2) is 68.5 Å². The highest BCUT2D eigenvalue weighted by Gasteiger charge is 2.23. The molecule has 0 rings (SSSR count). The Morgan fingerprint density at radius 3 is 1.44 bits per heavy atom. The van der Waals surface area contributed by atoms with Crippen molar-refractivity contribution in [3.8, 4) is 0 Å². The fraction of sp³-hybridized carbons (Fsp3) is 0.642. The molecule has 0 aliphatic carbocycles. The lowest BCUT2D eigenvalue weighted by molar-refractivity contribution is -0.870. The van der Waals surface area contributed by atoms with Gasteiger partial charge in [0.2, 0.25) is 5.91 Å². The van der Waals surface area contributed by atoms with Gasteiger partial charge in [-0.2, -0.15) is 0 Å². The number of phosphoric ester groups is 1. The summed E-state index contributed by atoms with van der Waals surface area (Å²) >= 11 is 0. The van der Waals surface area contributed by atoms with Crippen LogP contribution in [0.2, 0.25) is 0 Å². The Bertz CT molecular complexity index is 1370. The molecule has 0 aromatic rings. The number of nitrogens with one attached hydrogen (secondary N) is 1. The topological polar surface area (TPSA) is 108 Å². The predicted octanol–water partition coefficient (Wildman–Crippen LogP) is 13.4. The van der Waals surface area contributed by atoms with E-state index in [1.54, 1.807) is 6.08 Å². The summed E-state index contributed by atoms with van der Waals surface area (Å²) in [5.74, 6) is -0.229. The summed E-state index contributed by atoms with van der Waals surface area (Å²) in [6, 6.07) is -0.907. The number of amides is 1. The summed E-state index contributed by atoms with van der Waals surface area (Å²) < 4.78 is 23.2. The maximum Gasteiger partial charge on any atom is 0.268 e. The molecule has 0 heterocycles. The molecule has 62 heavy (non-hydrogen) atoms. The highest BCUT2D eigenvalue weighted by Crippen LogP contribution is 2.38. The second kappa shape index (κ2) is 43.4. The number of carbonyl (C=O) groups is 1. The molecule has 0 spiro atoms. The van der Waals surface area contributed by atoms with Gasteiger partial charge in [0, 0.05) is 6.42 Å². The van der Waals surface area contributed by atoms with Crippen LogP contribution in [0.3, 0.4) is 0 Å². The van der Waals surface area contributed by atoms with Crippen molar-refractivity contribution in [2.24, 2.45) is 0 Å².